The number of aromatic nitrogens is 1. The number of hydrogen-bond donors (Lipinski definition) is 0. The predicted octanol–water partition coefficient (Wildman–Crippen LogP) is 3.88. The van der Waals surface area contributed by atoms with Gasteiger partial charge in [-0.3, -0.25) is 4.79 Å². The zero-order valence-corrected chi connectivity index (χ0v) is 15.3. The first-order chi connectivity index (χ1) is 11.6. The van der Waals surface area contributed by atoms with Gasteiger partial charge in [0.05, 0.1) is 0 Å². The molecule has 0 aliphatic heterocycles. The van der Waals surface area contributed by atoms with Crippen molar-refractivity contribution >= 4 is 23.5 Å². The molecular weight excluding hydrogens is 316 g/mol. The fourth-order valence-electron chi connectivity index (χ4n) is 2.57. The quantitative estimate of drug-likeness (QED) is 0.252. The second kappa shape index (κ2) is 8.69. The Morgan fingerprint density at radius 3 is 2.29 bits per heavy atom. The van der Waals surface area contributed by atoms with E-state index in [1.165, 1.54) is 5.56 Å². The van der Waals surface area contributed by atoms with Crippen molar-refractivity contribution in [2.24, 2.45) is 4.99 Å². The van der Waals surface area contributed by atoms with Crippen molar-refractivity contribution in [1.82, 2.24) is 0 Å². The molecule has 1 aromatic carbocycles. The van der Waals surface area contributed by atoms with Gasteiger partial charge < -0.3 is 17.6 Å². The smallest absolute Gasteiger partial charge is 0.237 e. The number of carbonyl (C=O) groups excluding carboxylic acids is 1. The lowest BCUT2D eigenvalue weighted by atomic mass is 9.95. The lowest BCUT2D eigenvalue weighted by Gasteiger charge is -2.18. The second-order valence-electron chi connectivity index (χ2n) is 5.83. The third kappa shape index (κ3) is 4.26. The third-order valence-electron chi connectivity index (χ3n) is 4.21. The number of aliphatic imine (C=N–C) groups is 1. The first kappa shape index (κ1) is 18.3. The lowest BCUT2D eigenvalue weighted by molar-refractivity contribution is -0.691. The standard InChI is InChI=1S/C20H24N2OS/c1-4-15(3)16-9-11-17(12-10-16)19(23)18(20(24)21-5-2)22-13-7-6-8-14-22/h6-15,18H,4-5H2,1-3H3/t15-,18-/m0/s1. The molecule has 2 rings (SSSR count). The molecule has 2 aromatic rings. The maximum Gasteiger partial charge on any atom is 0.237 e. The van der Waals surface area contributed by atoms with Crippen molar-refractivity contribution in [3.8, 4) is 0 Å². The number of carbonyl (C=O) groups is 1. The van der Waals surface area contributed by atoms with Crippen LogP contribution in [0.4, 0.5) is 0 Å². The minimum absolute atomic E-state index is 0.0240. The maximum absolute atomic E-state index is 13.0. The number of ketones is 1. The zero-order valence-electron chi connectivity index (χ0n) is 14.5. The number of rotatable bonds is 7. The van der Waals surface area contributed by atoms with E-state index >= 15 is 0 Å². The van der Waals surface area contributed by atoms with Crippen LogP contribution in [0.5, 0.6) is 0 Å². The van der Waals surface area contributed by atoms with Crippen LogP contribution in [0.3, 0.4) is 0 Å². The summed E-state index contributed by atoms with van der Waals surface area (Å²) in [5, 5.41) is 0.421. The number of pyridine rings is 1. The molecule has 0 aliphatic rings. The van der Waals surface area contributed by atoms with Gasteiger partial charge in [0.25, 0.3) is 0 Å². The summed E-state index contributed by atoms with van der Waals surface area (Å²) < 4.78 is 1.83. The van der Waals surface area contributed by atoms with Crippen LogP contribution in [-0.4, -0.2) is 17.4 Å². The molecule has 0 bridgehead atoms. The molecule has 0 radical (unpaired) electrons. The van der Waals surface area contributed by atoms with Gasteiger partial charge in [-0.25, -0.2) is 0 Å². The van der Waals surface area contributed by atoms with Crippen molar-refractivity contribution in [3.63, 3.8) is 0 Å². The molecular formula is C20H24N2OS. The van der Waals surface area contributed by atoms with E-state index in [0.29, 0.717) is 23.1 Å². The molecule has 1 heterocycles. The van der Waals surface area contributed by atoms with Crippen LogP contribution in [0.15, 0.2) is 59.9 Å². The summed E-state index contributed by atoms with van der Waals surface area (Å²) in [5.41, 5.74) is 1.91. The molecule has 24 heavy (non-hydrogen) atoms. The van der Waals surface area contributed by atoms with Crippen molar-refractivity contribution in [1.29, 1.82) is 0 Å². The Morgan fingerprint density at radius 2 is 1.75 bits per heavy atom. The van der Waals surface area contributed by atoms with Gasteiger partial charge in [-0.1, -0.05) is 44.2 Å². The summed E-state index contributed by atoms with van der Waals surface area (Å²) >= 11 is 5.41. The molecule has 0 aliphatic carbocycles. The predicted molar refractivity (Wildman–Crippen MR) is 100 cm³/mol. The fraction of sp³-hybridized carbons (Fsp3) is 0.350. The number of hydrogen-bond acceptors (Lipinski definition) is 3. The minimum atomic E-state index is -0.574. The van der Waals surface area contributed by atoms with Crippen molar-refractivity contribution in [2.45, 2.75) is 39.2 Å². The van der Waals surface area contributed by atoms with Crippen LogP contribution in [0.25, 0.3) is 0 Å². The molecule has 4 heteroatoms. The van der Waals surface area contributed by atoms with Crippen LogP contribution in [0.2, 0.25) is 0 Å². The van der Waals surface area contributed by atoms with E-state index in [1.54, 1.807) is 0 Å². The number of nitrogens with zero attached hydrogens (tertiary/aromatic N) is 2. The SMILES string of the molecule is CCN=C([S-])[C@H](C(=O)c1ccc([C@@H](C)CC)cc1)[n+]1ccccc1. The van der Waals surface area contributed by atoms with Crippen LogP contribution in [-0.2, 0) is 12.6 Å². The second-order valence-corrected chi connectivity index (χ2v) is 6.25. The van der Waals surface area contributed by atoms with Crippen LogP contribution in [0.1, 0.15) is 55.1 Å². The molecule has 0 saturated heterocycles. The van der Waals surface area contributed by atoms with Gasteiger partial charge >= 0.3 is 0 Å². The van der Waals surface area contributed by atoms with Crippen LogP contribution < -0.4 is 4.57 Å². The van der Waals surface area contributed by atoms with Gasteiger partial charge in [-0.15, -0.1) is 0 Å². The largest absolute Gasteiger partial charge is 0.758 e. The van der Waals surface area contributed by atoms with Crippen LogP contribution >= 0.6 is 0 Å². The summed E-state index contributed by atoms with van der Waals surface area (Å²) in [7, 11) is 0. The molecule has 1 aromatic heterocycles. The molecule has 3 nitrogen and oxygen atoms in total. The average Bonchev–Trinajstić information content (AvgIpc) is 2.62. The van der Waals surface area contributed by atoms with Gasteiger partial charge in [-0.05, 0) is 29.9 Å². The van der Waals surface area contributed by atoms with E-state index in [0.717, 1.165) is 6.42 Å². The van der Waals surface area contributed by atoms with Gasteiger partial charge in [0.15, 0.2) is 12.4 Å². The molecule has 0 unspecified atom stereocenters. The molecule has 0 spiro atoms. The Hall–Kier alpha value is -2.07. The van der Waals surface area contributed by atoms with Gasteiger partial charge in [0, 0.05) is 24.2 Å². The van der Waals surface area contributed by atoms with Crippen LogP contribution in [0, 0.1) is 0 Å². The Bertz CT molecular complexity index is 695. The third-order valence-corrected chi connectivity index (χ3v) is 4.56. The van der Waals surface area contributed by atoms with E-state index in [2.05, 4.69) is 18.8 Å². The number of Topliss-reactive ketones (excluding diaryl/α,β-unsaturated/α-hetero) is 1. The fourth-order valence-corrected chi connectivity index (χ4v) is 2.93. The van der Waals surface area contributed by atoms with E-state index in [1.807, 2.05) is 66.3 Å². The molecule has 0 fully saturated rings. The van der Waals surface area contributed by atoms with E-state index in [9.17, 15) is 4.79 Å². The van der Waals surface area contributed by atoms with E-state index < -0.39 is 6.04 Å². The summed E-state index contributed by atoms with van der Waals surface area (Å²) in [6.07, 6.45) is 4.79. The normalized spacial score (nSPS) is 14.2. The van der Waals surface area contributed by atoms with Crippen molar-refractivity contribution < 1.29 is 9.36 Å². The Balaban J connectivity index is 2.36. The molecule has 0 saturated carbocycles. The lowest BCUT2D eigenvalue weighted by Crippen LogP contribution is -2.47. The Kier molecular flexibility index (Phi) is 6.62. The van der Waals surface area contributed by atoms with E-state index in [4.69, 9.17) is 12.6 Å². The summed E-state index contributed by atoms with van der Waals surface area (Å²) in [5.74, 6) is 0.466. The minimum Gasteiger partial charge on any atom is -0.758 e. The first-order valence-corrected chi connectivity index (χ1v) is 8.80. The Morgan fingerprint density at radius 1 is 1.12 bits per heavy atom. The summed E-state index contributed by atoms with van der Waals surface area (Å²) in [4.78, 5) is 17.3. The number of benzene rings is 1. The van der Waals surface area contributed by atoms with E-state index in [-0.39, 0.29) is 5.78 Å². The highest BCUT2D eigenvalue weighted by Crippen LogP contribution is 2.20. The van der Waals surface area contributed by atoms with Gasteiger partial charge in [0.2, 0.25) is 11.8 Å². The van der Waals surface area contributed by atoms with Gasteiger partial charge in [-0.2, -0.15) is 4.57 Å². The highest BCUT2D eigenvalue weighted by Gasteiger charge is 2.27. The summed E-state index contributed by atoms with van der Waals surface area (Å²) in [6, 6.07) is 13.0. The van der Waals surface area contributed by atoms with Gasteiger partial charge in [0.1, 0.15) is 0 Å². The average molecular weight is 340 g/mol. The van der Waals surface area contributed by atoms with Crippen molar-refractivity contribution in [2.75, 3.05) is 6.54 Å². The molecule has 2 atom stereocenters. The van der Waals surface area contributed by atoms with Crippen molar-refractivity contribution in [3.05, 3.63) is 66.0 Å². The zero-order chi connectivity index (χ0) is 17.5. The highest BCUT2D eigenvalue weighted by atomic mass is 32.1. The Labute approximate surface area is 149 Å². The molecule has 0 amide bonds. The maximum atomic E-state index is 13.0. The monoisotopic (exact) mass is 340 g/mol. The molecule has 126 valence electrons. The molecule has 0 N–H and O–H groups in total. The topological polar surface area (TPSA) is 33.3 Å². The summed E-state index contributed by atoms with van der Waals surface area (Å²) in [6.45, 7) is 6.85. The first-order valence-electron chi connectivity index (χ1n) is 8.39. The highest BCUT2D eigenvalue weighted by molar-refractivity contribution is 7.77.